The van der Waals surface area contributed by atoms with Gasteiger partial charge in [0.1, 0.15) is 9.88 Å². The van der Waals surface area contributed by atoms with Crippen molar-refractivity contribution in [3.05, 3.63) is 15.6 Å². The molecule has 1 aliphatic carbocycles. The molecule has 1 heterocycles. The molecule has 5 nitrogen and oxygen atoms in total. The van der Waals surface area contributed by atoms with E-state index in [0.29, 0.717) is 17.1 Å². The SMILES string of the molecule is CCCc1nc(CC(=O)NC2CCCCC2)sc1C(=O)O. The normalized spacial score (nSPS) is 15.9. The van der Waals surface area contributed by atoms with Crippen molar-refractivity contribution < 1.29 is 14.7 Å². The van der Waals surface area contributed by atoms with Crippen LogP contribution >= 0.6 is 11.3 Å². The van der Waals surface area contributed by atoms with Gasteiger partial charge in [-0.25, -0.2) is 9.78 Å². The molecule has 0 spiro atoms. The molecule has 0 unspecified atom stereocenters. The zero-order chi connectivity index (χ0) is 15.2. The predicted octanol–water partition coefficient (Wildman–Crippen LogP) is 2.79. The summed E-state index contributed by atoms with van der Waals surface area (Å²) in [5, 5.41) is 12.8. The van der Waals surface area contributed by atoms with Crippen molar-refractivity contribution in [3.8, 4) is 0 Å². The first-order chi connectivity index (χ1) is 10.1. The number of carboxylic acid groups (broad SMARTS) is 1. The molecule has 6 heteroatoms. The Morgan fingerprint density at radius 1 is 1.33 bits per heavy atom. The first-order valence-electron chi connectivity index (χ1n) is 7.61. The highest BCUT2D eigenvalue weighted by Crippen LogP contribution is 2.21. The fraction of sp³-hybridized carbons (Fsp3) is 0.667. The first kappa shape index (κ1) is 15.9. The number of hydrogen-bond donors (Lipinski definition) is 2. The van der Waals surface area contributed by atoms with Gasteiger partial charge in [0, 0.05) is 6.04 Å². The molecular weight excluding hydrogens is 288 g/mol. The van der Waals surface area contributed by atoms with Crippen LogP contribution < -0.4 is 5.32 Å². The number of aryl methyl sites for hydroxylation is 1. The van der Waals surface area contributed by atoms with Crippen molar-refractivity contribution >= 4 is 23.2 Å². The second-order valence-corrected chi connectivity index (χ2v) is 6.60. The third-order valence-corrected chi connectivity index (χ3v) is 4.79. The predicted molar refractivity (Wildman–Crippen MR) is 81.8 cm³/mol. The van der Waals surface area contributed by atoms with Crippen molar-refractivity contribution in [2.75, 3.05) is 0 Å². The molecule has 2 N–H and O–H groups in total. The minimum absolute atomic E-state index is 0.0457. The lowest BCUT2D eigenvalue weighted by Gasteiger charge is -2.22. The van der Waals surface area contributed by atoms with Crippen LogP contribution in [0.25, 0.3) is 0 Å². The fourth-order valence-electron chi connectivity index (χ4n) is 2.71. The Bertz CT molecular complexity index is 507. The van der Waals surface area contributed by atoms with E-state index in [1.165, 1.54) is 19.3 Å². The smallest absolute Gasteiger partial charge is 0.347 e. The van der Waals surface area contributed by atoms with Gasteiger partial charge < -0.3 is 10.4 Å². The van der Waals surface area contributed by atoms with Gasteiger partial charge in [0.25, 0.3) is 0 Å². The molecule has 1 aliphatic rings. The molecule has 1 saturated carbocycles. The number of aromatic carboxylic acids is 1. The van der Waals surface area contributed by atoms with Crippen molar-refractivity contribution in [1.29, 1.82) is 0 Å². The van der Waals surface area contributed by atoms with Gasteiger partial charge in [0.15, 0.2) is 0 Å². The highest BCUT2D eigenvalue weighted by molar-refractivity contribution is 7.13. The molecule has 0 bridgehead atoms. The van der Waals surface area contributed by atoms with Crippen LogP contribution in [-0.4, -0.2) is 28.0 Å². The largest absolute Gasteiger partial charge is 0.477 e. The van der Waals surface area contributed by atoms with E-state index >= 15 is 0 Å². The van der Waals surface area contributed by atoms with Crippen molar-refractivity contribution in [3.63, 3.8) is 0 Å². The Balaban J connectivity index is 1.96. The van der Waals surface area contributed by atoms with E-state index in [1.807, 2.05) is 6.92 Å². The summed E-state index contributed by atoms with van der Waals surface area (Å²) in [6.45, 7) is 1.99. The second kappa shape index (κ2) is 7.54. The maximum absolute atomic E-state index is 12.0. The summed E-state index contributed by atoms with van der Waals surface area (Å²) in [6, 6.07) is 0.278. The topological polar surface area (TPSA) is 79.3 Å². The molecule has 0 aliphatic heterocycles. The number of aromatic nitrogens is 1. The van der Waals surface area contributed by atoms with Crippen LogP contribution in [0.3, 0.4) is 0 Å². The number of hydrogen-bond acceptors (Lipinski definition) is 4. The standard InChI is InChI=1S/C15H22N2O3S/c1-2-6-11-14(15(19)20)21-13(17-11)9-12(18)16-10-7-4-3-5-8-10/h10H,2-9H2,1H3,(H,16,18)(H,19,20). The van der Waals surface area contributed by atoms with Crippen molar-refractivity contribution in [1.82, 2.24) is 10.3 Å². The number of nitrogens with one attached hydrogen (secondary N) is 1. The number of carbonyl (C=O) groups is 2. The van der Waals surface area contributed by atoms with Crippen LogP contribution in [0.1, 0.15) is 65.8 Å². The molecule has 2 rings (SSSR count). The van der Waals surface area contributed by atoms with E-state index < -0.39 is 5.97 Å². The van der Waals surface area contributed by atoms with E-state index in [-0.39, 0.29) is 23.2 Å². The number of rotatable bonds is 6. The molecule has 21 heavy (non-hydrogen) atoms. The number of carbonyl (C=O) groups excluding carboxylic acids is 1. The summed E-state index contributed by atoms with van der Waals surface area (Å²) in [4.78, 5) is 27.8. The zero-order valence-corrected chi connectivity index (χ0v) is 13.2. The van der Waals surface area contributed by atoms with Crippen LogP contribution in [0.4, 0.5) is 0 Å². The first-order valence-corrected chi connectivity index (χ1v) is 8.43. The lowest BCUT2D eigenvalue weighted by Crippen LogP contribution is -2.37. The quantitative estimate of drug-likeness (QED) is 0.847. The van der Waals surface area contributed by atoms with Gasteiger partial charge in [-0.3, -0.25) is 4.79 Å². The van der Waals surface area contributed by atoms with Gasteiger partial charge >= 0.3 is 5.97 Å². The fourth-order valence-corrected chi connectivity index (χ4v) is 3.66. The summed E-state index contributed by atoms with van der Waals surface area (Å²) in [5.74, 6) is -0.995. The van der Waals surface area contributed by atoms with Crippen molar-refractivity contribution in [2.45, 2.75) is 64.3 Å². The molecule has 1 fully saturated rings. The third kappa shape index (κ3) is 4.52. The number of amides is 1. The zero-order valence-electron chi connectivity index (χ0n) is 12.4. The Labute approximate surface area is 128 Å². The summed E-state index contributed by atoms with van der Waals surface area (Å²) in [6.07, 6.45) is 7.36. The van der Waals surface area contributed by atoms with Crippen LogP contribution in [0.5, 0.6) is 0 Å². The molecule has 0 atom stereocenters. The van der Waals surface area contributed by atoms with Gasteiger partial charge in [0.05, 0.1) is 12.1 Å². The lowest BCUT2D eigenvalue weighted by atomic mass is 9.95. The van der Waals surface area contributed by atoms with Gasteiger partial charge in [-0.2, -0.15) is 0 Å². The van der Waals surface area contributed by atoms with Crippen LogP contribution in [0.15, 0.2) is 0 Å². The number of thiazole rings is 1. The molecule has 0 saturated heterocycles. The van der Waals surface area contributed by atoms with Crippen LogP contribution in [-0.2, 0) is 17.6 Å². The maximum Gasteiger partial charge on any atom is 0.347 e. The van der Waals surface area contributed by atoms with Crippen LogP contribution in [0.2, 0.25) is 0 Å². The average molecular weight is 310 g/mol. The Kier molecular flexibility index (Phi) is 5.73. The monoisotopic (exact) mass is 310 g/mol. The van der Waals surface area contributed by atoms with Crippen LogP contribution in [0, 0.1) is 0 Å². The van der Waals surface area contributed by atoms with E-state index in [4.69, 9.17) is 0 Å². The molecule has 116 valence electrons. The molecular formula is C15H22N2O3S. The summed E-state index contributed by atoms with van der Waals surface area (Å²) >= 11 is 1.13. The maximum atomic E-state index is 12.0. The van der Waals surface area contributed by atoms with Crippen molar-refractivity contribution in [2.24, 2.45) is 0 Å². The Hall–Kier alpha value is -1.43. The molecule has 1 aromatic rings. The summed E-state index contributed by atoms with van der Waals surface area (Å²) in [5.41, 5.74) is 0.607. The Morgan fingerprint density at radius 3 is 2.67 bits per heavy atom. The number of nitrogens with zero attached hydrogens (tertiary/aromatic N) is 1. The molecule has 1 aromatic heterocycles. The summed E-state index contributed by atoms with van der Waals surface area (Å²) in [7, 11) is 0. The molecule has 0 radical (unpaired) electrons. The molecule has 0 aromatic carbocycles. The Morgan fingerprint density at radius 2 is 2.05 bits per heavy atom. The number of carboxylic acids is 1. The molecule has 1 amide bonds. The van der Waals surface area contributed by atoms with E-state index in [0.717, 1.165) is 30.6 Å². The third-order valence-electron chi connectivity index (χ3n) is 3.70. The van der Waals surface area contributed by atoms with E-state index in [9.17, 15) is 14.7 Å². The highest BCUT2D eigenvalue weighted by atomic mass is 32.1. The minimum Gasteiger partial charge on any atom is -0.477 e. The highest BCUT2D eigenvalue weighted by Gasteiger charge is 2.20. The van der Waals surface area contributed by atoms with Gasteiger partial charge in [-0.05, 0) is 19.3 Å². The minimum atomic E-state index is -0.949. The lowest BCUT2D eigenvalue weighted by molar-refractivity contribution is -0.121. The summed E-state index contributed by atoms with van der Waals surface area (Å²) < 4.78 is 0. The van der Waals surface area contributed by atoms with E-state index in [1.54, 1.807) is 0 Å². The second-order valence-electron chi connectivity index (χ2n) is 5.52. The van der Waals surface area contributed by atoms with E-state index in [2.05, 4.69) is 10.3 Å². The van der Waals surface area contributed by atoms with Gasteiger partial charge in [0.2, 0.25) is 5.91 Å². The average Bonchev–Trinajstić information content (AvgIpc) is 2.83. The van der Waals surface area contributed by atoms with Gasteiger partial charge in [-0.1, -0.05) is 32.6 Å². The van der Waals surface area contributed by atoms with Gasteiger partial charge in [-0.15, -0.1) is 11.3 Å².